The quantitative estimate of drug-likeness (QED) is 0.739. The Labute approximate surface area is 175 Å². The second-order valence-corrected chi connectivity index (χ2v) is 7.97. The molecule has 1 saturated heterocycles. The van der Waals surface area contributed by atoms with Crippen LogP contribution in [0.15, 0.2) is 54.6 Å². The van der Waals surface area contributed by atoms with Gasteiger partial charge in [0, 0.05) is 32.2 Å². The third kappa shape index (κ3) is 6.85. The van der Waals surface area contributed by atoms with Crippen molar-refractivity contribution < 1.29 is 18.0 Å². The van der Waals surface area contributed by atoms with Crippen LogP contribution in [0.25, 0.3) is 0 Å². The summed E-state index contributed by atoms with van der Waals surface area (Å²) in [6, 6.07) is 15.6. The Bertz CT molecular complexity index is 801. The minimum absolute atomic E-state index is 0.0501. The van der Waals surface area contributed by atoms with Gasteiger partial charge in [0.1, 0.15) is 0 Å². The molecule has 30 heavy (non-hydrogen) atoms. The van der Waals surface area contributed by atoms with E-state index in [1.165, 1.54) is 17.7 Å². The molecule has 0 atom stereocenters. The topological polar surface area (TPSA) is 35.6 Å². The highest BCUT2D eigenvalue weighted by atomic mass is 19.4. The van der Waals surface area contributed by atoms with Gasteiger partial charge in [0.05, 0.1) is 12.1 Å². The van der Waals surface area contributed by atoms with Crippen LogP contribution >= 0.6 is 0 Å². The lowest BCUT2D eigenvalue weighted by atomic mass is 10.0. The predicted octanol–water partition coefficient (Wildman–Crippen LogP) is 3.92. The molecule has 0 aromatic heterocycles. The average molecular weight is 419 g/mol. The Morgan fingerprint density at radius 3 is 2.27 bits per heavy atom. The molecule has 1 aliphatic rings. The van der Waals surface area contributed by atoms with E-state index in [-0.39, 0.29) is 18.5 Å². The van der Waals surface area contributed by atoms with Crippen LogP contribution in [-0.2, 0) is 24.1 Å². The Morgan fingerprint density at radius 2 is 1.67 bits per heavy atom. The number of benzene rings is 2. The van der Waals surface area contributed by atoms with Crippen molar-refractivity contribution in [2.75, 3.05) is 26.7 Å². The Balaban J connectivity index is 1.38. The summed E-state index contributed by atoms with van der Waals surface area (Å²) in [5.74, 6) is -0.0501. The SMILES string of the molecule is CN(CC(=O)NC1CCN(Cc2ccccc2)CC1)Cc1ccc(C(F)(F)F)cc1. The number of rotatable bonds is 7. The number of carbonyl (C=O) groups is 1. The molecule has 1 fully saturated rings. The highest BCUT2D eigenvalue weighted by Crippen LogP contribution is 2.29. The molecule has 2 aromatic rings. The highest BCUT2D eigenvalue weighted by Gasteiger charge is 2.30. The third-order valence-electron chi connectivity index (χ3n) is 5.35. The number of likely N-dealkylation sites (N-methyl/N-ethyl adjacent to an activating group) is 1. The van der Waals surface area contributed by atoms with Crippen LogP contribution in [0.2, 0.25) is 0 Å². The lowest BCUT2D eigenvalue weighted by Gasteiger charge is -2.32. The highest BCUT2D eigenvalue weighted by molar-refractivity contribution is 5.78. The van der Waals surface area contributed by atoms with Crippen molar-refractivity contribution in [3.8, 4) is 0 Å². The van der Waals surface area contributed by atoms with Gasteiger partial charge in [-0.05, 0) is 43.1 Å². The second kappa shape index (κ2) is 10.1. The summed E-state index contributed by atoms with van der Waals surface area (Å²) in [5, 5.41) is 3.09. The van der Waals surface area contributed by atoms with Crippen molar-refractivity contribution in [1.82, 2.24) is 15.1 Å². The fourth-order valence-corrected chi connectivity index (χ4v) is 3.76. The van der Waals surface area contributed by atoms with Crippen molar-refractivity contribution in [2.45, 2.75) is 38.1 Å². The zero-order valence-corrected chi connectivity index (χ0v) is 17.2. The van der Waals surface area contributed by atoms with Crippen LogP contribution in [0.3, 0.4) is 0 Å². The molecule has 0 radical (unpaired) electrons. The average Bonchev–Trinajstić information content (AvgIpc) is 2.70. The molecule has 2 aromatic carbocycles. The molecule has 0 unspecified atom stereocenters. The summed E-state index contributed by atoms with van der Waals surface area (Å²) >= 11 is 0. The lowest BCUT2D eigenvalue weighted by molar-refractivity contribution is -0.137. The minimum atomic E-state index is -4.33. The maximum atomic E-state index is 12.6. The monoisotopic (exact) mass is 419 g/mol. The molecule has 0 bridgehead atoms. The molecular weight excluding hydrogens is 391 g/mol. The summed E-state index contributed by atoms with van der Waals surface area (Å²) in [6.07, 6.45) is -2.50. The fraction of sp³-hybridized carbons (Fsp3) is 0.435. The zero-order chi connectivity index (χ0) is 21.6. The standard InChI is InChI=1S/C23H28F3N3O/c1-28(15-19-7-9-20(10-8-19)23(24,25)26)17-22(30)27-21-11-13-29(14-12-21)16-18-5-3-2-4-6-18/h2-10,21H,11-17H2,1H3,(H,27,30). The molecule has 1 heterocycles. The third-order valence-corrected chi connectivity index (χ3v) is 5.35. The maximum absolute atomic E-state index is 12.6. The number of halogens is 3. The Kier molecular flexibility index (Phi) is 7.50. The first kappa shape index (κ1) is 22.3. The van der Waals surface area contributed by atoms with Crippen molar-refractivity contribution >= 4 is 5.91 Å². The lowest BCUT2D eigenvalue weighted by Crippen LogP contribution is -2.46. The van der Waals surface area contributed by atoms with E-state index in [9.17, 15) is 18.0 Å². The van der Waals surface area contributed by atoms with Crippen molar-refractivity contribution in [3.63, 3.8) is 0 Å². The van der Waals surface area contributed by atoms with Gasteiger partial charge in [0.25, 0.3) is 0 Å². The van der Waals surface area contributed by atoms with Crippen LogP contribution in [0.4, 0.5) is 13.2 Å². The van der Waals surface area contributed by atoms with Gasteiger partial charge in [-0.15, -0.1) is 0 Å². The van der Waals surface area contributed by atoms with Gasteiger partial charge in [0.15, 0.2) is 0 Å². The number of amides is 1. The Morgan fingerprint density at radius 1 is 1.03 bits per heavy atom. The number of hydrogen-bond acceptors (Lipinski definition) is 3. The van der Waals surface area contributed by atoms with Crippen LogP contribution in [0.1, 0.15) is 29.5 Å². The van der Waals surface area contributed by atoms with Crippen LogP contribution in [-0.4, -0.2) is 48.4 Å². The molecule has 1 N–H and O–H groups in total. The van der Waals surface area contributed by atoms with Gasteiger partial charge in [0.2, 0.25) is 5.91 Å². The summed E-state index contributed by atoms with van der Waals surface area (Å²) in [7, 11) is 1.79. The van der Waals surface area contributed by atoms with Gasteiger partial charge in [-0.2, -0.15) is 13.2 Å². The van der Waals surface area contributed by atoms with Crippen molar-refractivity contribution in [3.05, 3.63) is 71.3 Å². The fourth-order valence-electron chi connectivity index (χ4n) is 3.76. The molecule has 1 aliphatic heterocycles. The number of nitrogens with zero attached hydrogens (tertiary/aromatic N) is 2. The number of hydrogen-bond donors (Lipinski definition) is 1. The van der Waals surface area contributed by atoms with E-state index in [1.54, 1.807) is 7.05 Å². The first-order valence-electron chi connectivity index (χ1n) is 10.2. The summed E-state index contributed by atoms with van der Waals surface area (Å²) < 4.78 is 37.9. The first-order chi connectivity index (χ1) is 14.3. The molecule has 4 nitrogen and oxygen atoms in total. The van der Waals surface area contributed by atoms with Crippen LogP contribution in [0.5, 0.6) is 0 Å². The predicted molar refractivity (Wildman–Crippen MR) is 111 cm³/mol. The number of alkyl halides is 3. The van der Waals surface area contributed by atoms with E-state index in [0.29, 0.717) is 6.54 Å². The largest absolute Gasteiger partial charge is 0.416 e. The second-order valence-electron chi connectivity index (χ2n) is 7.97. The van der Waals surface area contributed by atoms with Crippen LogP contribution in [0, 0.1) is 0 Å². The van der Waals surface area contributed by atoms with E-state index in [1.807, 2.05) is 23.1 Å². The van der Waals surface area contributed by atoms with Gasteiger partial charge >= 0.3 is 6.18 Å². The normalized spacial score (nSPS) is 16.0. The molecule has 0 saturated carbocycles. The number of carbonyl (C=O) groups excluding carboxylic acids is 1. The van der Waals surface area contributed by atoms with E-state index in [4.69, 9.17) is 0 Å². The molecule has 7 heteroatoms. The zero-order valence-electron chi connectivity index (χ0n) is 17.2. The Hall–Kier alpha value is -2.38. The minimum Gasteiger partial charge on any atom is -0.352 e. The first-order valence-corrected chi connectivity index (χ1v) is 10.2. The molecule has 0 spiro atoms. The number of piperidine rings is 1. The van der Waals surface area contributed by atoms with Gasteiger partial charge in [-0.3, -0.25) is 14.6 Å². The maximum Gasteiger partial charge on any atom is 0.416 e. The van der Waals surface area contributed by atoms with E-state index >= 15 is 0 Å². The van der Waals surface area contributed by atoms with Gasteiger partial charge in [-0.25, -0.2) is 0 Å². The molecule has 1 amide bonds. The molecule has 162 valence electrons. The smallest absolute Gasteiger partial charge is 0.352 e. The van der Waals surface area contributed by atoms with Crippen LogP contribution < -0.4 is 5.32 Å². The number of nitrogens with one attached hydrogen (secondary N) is 1. The van der Waals surface area contributed by atoms with Gasteiger partial charge in [-0.1, -0.05) is 42.5 Å². The van der Waals surface area contributed by atoms with Crippen molar-refractivity contribution in [2.24, 2.45) is 0 Å². The molecule has 0 aliphatic carbocycles. The molecule has 3 rings (SSSR count). The summed E-state index contributed by atoms with van der Waals surface area (Å²) in [4.78, 5) is 16.6. The summed E-state index contributed by atoms with van der Waals surface area (Å²) in [6.45, 7) is 3.45. The van der Waals surface area contributed by atoms with E-state index in [2.05, 4.69) is 22.3 Å². The number of likely N-dealkylation sites (tertiary alicyclic amines) is 1. The van der Waals surface area contributed by atoms with E-state index < -0.39 is 11.7 Å². The van der Waals surface area contributed by atoms with Gasteiger partial charge < -0.3 is 5.32 Å². The molecular formula is C23H28F3N3O. The van der Waals surface area contributed by atoms with Crippen molar-refractivity contribution in [1.29, 1.82) is 0 Å². The summed E-state index contributed by atoms with van der Waals surface area (Å²) in [5.41, 5.74) is 1.38. The van der Waals surface area contributed by atoms with E-state index in [0.717, 1.165) is 50.2 Å².